The van der Waals surface area contributed by atoms with E-state index in [0.717, 1.165) is 46.6 Å². The zero-order chi connectivity index (χ0) is 23.8. The van der Waals surface area contributed by atoms with E-state index in [1.165, 1.54) is 5.69 Å². The number of nitrogens with zero attached hydrogens (tertiary/aromatic N) is 4. The Morgan fingerprint density at radius 3 is 2.29 bits per heavy atom. The zero-order valence-corrected chi connectivity index (χ0v) is 19.9. The minimum atomic E-state index is -0.0167. The van der Waals surface area contributed by atoms with Crippen LogP contribution in [-0.2, 0) is 4.74 Å². The summed E-state index contributed by atoms with van der Waals surface area (Å²) in [4.78, 5) is 28.9. The highest BCUT2D eigenvalue weighted by Gasteiger charge is 2.22. The van der Waals surface area contributed by atoms with Crippen molar-refractivity contribution >= 4 is 22.8 Å². The van der Waals surface area contributed by atoms with Crippen LogP contribution in [0.25, 0.3) is 33.5 Å². The molecule has 7 heteroatoms. The molecule has 1 aliphatic heterocycles. The van der Waals surface area contributed by atoms with E-state index in [0.29, 0.717) is 5.56 Å². The van der Waals surface area contributed by atoms with Gasteiger partial charge in [0.25, 0.3) is 5.91 Å². The first-order valence-electron chi connectivity index (χ1n) is 11.6. The van der Waals surface area contributed by atoms with Crippen LogP contribution in [0.4, 0.5) is 5.69 Å². The second-order valence-electron chi connectivity index (χ2n) is 9.14. The zero-order valence-electron chi connectivity index (χ0n) is 19.9. The summed E-state index contributed by atoms with van der Waals surface area (Å²) >= 11 is 0. The molecule has 1 fully saturated rings. The molecule has 4 aromatic rings. The van der Waals surface area contributed by atoms with E-state index in [9.17, 15) is 4.79 Å². The molecule has 2 unspecified atom stereocenters. The third kappa shape index (κ3) is 4.26. The van der Waals surface area contributed by atoms with Gasteiger partial charge in [0.1, 0.15) is 5.52 Å². The molecule has 5 rings (SSSR count). The van der Waals surface area contributed by atoms with Crippen LogP contribution in [0.3, 0.4) is 0 Å². The lowest BCUT2D eigenvalue weighted by molar-refractivity contribution is -0.00521. The van der Waals surface area contributed by atoms with Crippen LogP contribution in [-0.4, -0.2) is 65.2 Å². The average molecular weight is 456 g/mol. The highest BCUT2D eigenvalue weighted by Crippen LogP contribution is 2.30. The standard InChI is InChI=1S/C27H29N5O2/c1-17-15-32(16-18(2)34-17)22-11-9-20(10-12-22)24-14-29-26-25(30-24)23(13-28-26)19-5-7-21(8-6-19)27(33)31(3)4/h5-14,17-18H,15-16H2,1-4H3,(H,28,29). The number of hydrogen-bond donors (Lipinski definition) is 1. The molecular weight excluding hydrogens is 426 g/mol. The first-order chi connectivity index (χ1) is 16.4. The van der Waals surface area contributed by atoms with Crippen LogP contribution in [0.15, 0.2) is 60.9 Å². The van der Waals surface area contributed by atoms with Crippen LogP contribution in [0.2, 0.25) is 0 Å². The smallest absolute Gasteiger partial charge is 0.253 e. The number of carbonyl (C=O) groups excluding carboxylic acids is 1. The van der Waals surface area contributed by atoms with Crippen molar-refractivity contribution in [2.75, 3.05) is 32.1 Å². The van der Waals surface area contributed by atoms with Crippen LogP contribution in [0, 0.1) is 0 Å². The van der Waals surface area contributed by atoms with E-state index in [2.05, 4.69) is 53.0 Å². The maximum Gasteiger partial charge on any atom is 0.253 e. The molecule has 0 radical (unpaired) electrons. The summed E-state index contributed by atoms with van der Waals surface area (Å²) in [6.45, 7) is 6.01. The van der Waals surface area contributed by atoms with E-state index in [1.807, 2.05) is 30.5 Å². The van der Waals surface area contributed by atoms with Crippen molar-refractivity contribution in [2.24, 2.45) is 0 Å². The van der Waals surface area contributed by atoms with Crippen molar-refractivity contribution < 1.29 is 9.53 Å². The summed E-state index contributed by atoms with van der Waals surface area (Å²) in [6, 6.07) is 16.1. The van der Waals surface area contributed by atoms with Crippen LogP contribution >= 0.6 is 0 Å². The quantitative estimate of drug-likeness (QED) is 0.487. The first-order valence-corrected chi connectivity index (χ1v) is 11.6. The van der Waals surface area contributed by atoms with Gasteiger partial charge in [0.15, 0.2) is 5.65 Å². The largest absolute Gasteiger partial charge is 0.372 e. The molecule has 1 saturated heterocycles. The molecule has 0 saturated carbocycles. The molecular formula is C27H29N5O2. The van der Waals surface area contributed by atoms with Gasteiger partial charge in [0, 0.05) is 55.8 Å². The molecule has 2 aromatic heterocycles. The van der Waals surface area contributed by atoms with Gasteiger partial charge in [0.2, 0.25) is 0 Å². The highest BCUT2D eigenvalue weighted by atomic mass is 16.5. The van der Waals surface area contributed by atoms with Gasteiger partial charge in [-0.2, -0.15) is 0 Å². The molecule has 7 nitrogen and oxygen atoms in total. The van der Waals surface area contributed by atoms with Gasteiger partial charge in [0.05, 0.1) is 24.1 Å². The molecule has 1 amide bonds. The number of H-pyrrole nitrogens is 1. The Bertz CT molecular complexity index is 1300. The maximum atomic E-state index is 12.2. The molecule has 1 aliphatic rings. The van der Waals surface area contributed by atoms with Gasteiger partial charge in [-0.15, -0.1) is 0 Å². The van der Waals surface area contributed by atoms with Gasteiger partial charge < -0.3 is 19.5 Å². The molecule has 0 bridgehead atoms. The second-order valence-corrected chi connectivity index (χ2v) is 9.14. The molecule has 34 heavy (non-hydrogen) atoms. The van der Waals surface area contributed by atoms with E-state index < -0.39 is 0 Å². The Balaban J connectivity index is 1.42. The lowest BCUT2D eigenvalue weighted by Crippen LogP contribution is -2.45. The van der Waals surface area contributed by atoms with Gasteiger partial charge in [-0.25, -0.2) is 9.97 Å². The Morgan fingerprint density at radius 1 is 1.00 bits per heavy atom. The van der Waals surface area contributed by atoms with Gasteiger partial charge in [-0.1, -0.05) is 24.3 Å². The third-order valence-corrected chi connectivity index (χ3v) is 6.18. The molecule has 3 heterocycles. The fourth-order valence-corrected chi connectivity index (χ4v) is 4.53. The Kier molecular flexibility index (Phi) is 5.79. The van der Waals surface area contributed by atoms with Gasteiger partial charge in [-0.05, 0) is 43.7 Å². The predicted octanol–water partition coefficient (Wildman–Crippen LogP) is 4.61. The maximum absolute atomic E-state index is 12.2. The summed E-state index contributed by atoms with van der Waals surface area (Å²) in [7, 11) is 3.50. The average Bonchev–Trinajstić information content (AvgIpc) is 3.26. The van der Waals surface area contributed by atoms with Crippen molar-refractivity contribution in [1.29, 1.82) is 0 Å². The highest BCUT2D eigenvalue weighted by molar-refractivity contribution is 5.96. The molecule has 1 N–H and O–H groups in total. The van der Waals surface area contributed by atoms with Gasteiger partial charge in [-0.3, -0.25) is 4.79 Å². The van der Waals surface area contributed by atoms with Gasteiger partial charge >= 0.3 is 0 Å². The fraction of sp³-hybridized carbons (Fsp3) is 0.296. The van der Waals surface area contributed by atoms with Crippen LogP contribution in [0.5, 0.6) is 0 Å². The normalized spacial score (nSPS) is 18.3. The monoisotopic (exact) mass is 455 g/mol. The third-order valence-electron chi connectivity index (χ3n) is 6.18. The number of rotatable bonds is 4. The number of aromatic nitrogens is 3. The van der Waals surface area contributed by atoms with Crippen molar-refractivity contribution in [3.63, 3.8) is 0 Å². The summed E-state index contributed by atoms with van der Waals surface area (Å²) in [6.07, 6.45) is 4.16. The summed E-state index contributed by atoms with van der Waals surface area (Å²) in [5.41, 5.74) is 7.18. The predicted molar refractivity (Wildman–Crippen MR) is 135 cm³/mol. The van der Waals surface area contributed by atoms with E-state index in [4.69, 9.17) is 9.72 Å². The number of nitrogens with one attached hydrogen (secondary N) is 1. The fourth-order valence-electron chi connectivity index (χ4n) is 4.53. The number of anilines is 1. The van der Waals surface area contributed by atoms with Crippen LogP contribution in [0.1, 0.15) is 24.2 Å². The second kappa shape index (κ2) is 8.91. The number of carbonyl (C=O) groups is 1. The van der Waals surface area contributed by atoms with E-state index in [1.54, 1.807) is 25.2 Å². The number of benzene rings is 2. The number of aromatic amines is 1. The van der Waals surface area contributed by atoms with Crippen molar-refractivity contribution in [3.05, 3.63) is 66.5 Å². The Hall–Kier alpha value is -3.71. The minimum Gasteiger partial charge on any atom is -0.372 e. The molecule has 174 valence electrons. The van der Waals surface area contributed by atoms with E-state index in [-0.39, 0.29) is 18.1 Å². The molecule has 2 atom stereocenters. The topological polar surface area (TPSA) is 74.4 Å². The molecule has 2 aromatic carbocycles. The number of morpholine rings is 1. The number of fused-ring (bicyclic) bond motifs is 1. The number of hydrogen-bond acceptors (Lipinski definition) is 5. The lowest BCUT2D eigenvalue weighted by atomic mass is 10.1. The number of amides is 1. The van der Waals surface area contributed by atoms with E-state index >= 15 is 0 Å². The van der Waals surface area contributed by atoms with Crippen molar-refractivity contribution in [3.8, 4) is 22.4 Å². The molecule has 0 aliphatic carbocycles. The van der Waals surface area contributed by atoms with Crippen LogP contribution < -0.4 is 4.90 Å². The summed E-state index contributed by atoms with van der Waals surface area (Å²) in [5, 5.41) is 0. The number of ether oxygens (including phenoxy) is 1. The minimum absolute atomic E-state index is 0.0167. The summed E-state index contributed by atoms with van der Waals surface area (Å²) in [5.74, 6) is -0.0167. The first kappa shape index (κ1) is 22.1. The SMILES string of the molecule is CC1CN(c2ccc(-c3cnc4[nH]cc(-c5ccc(C(=O)N(C)C)cc5)c4n3)cc2)CC(C)O1. The Labute approximate surface area is 199 Å². The van der Waals surface area contributed by atoms with Crippen molar-refractivity contribution in [1.82, 2.24) is 19.9 Å². The lowest BCUT2D eigenvalue weighted by Gasteiger charge is -2.36. The van der Waals surface area contributed by atoms with Crippen molar-refractivity contribution in [2.45, 2.75) is 26.1 Å². The summed E-state index contributed by atoms with van der Waals surface area (Å²) < 4.78 is 5.86. The Morgan fingerprint density at radius 2 is 1.65 bits per heavy atom. The molecule has 0 spiro atoms.